The molecule has 0 amide bonds. The molecule has 1 fully saturated rings. The fourth-order valence-electron chi connectivity index (χ4n) is 3.34. The normalized spacial score (nSPS) is 26.2. The van der Waals surface area contributed by atoms with Gasteiger partial charge in [-0.1, -0.05) is 30.2 Å². The number of piperidine rings is 1. The number of benzene rings is 1. The highest BCUT2D eigenvalue weighted by molar-refractivity contribution is 6.33. The Kier molecular flexibility index (Phi) is 3.57. The molecule has 0 aromatic heterocycles. The summed E-state index contributed by atoms with van der Waals surface area (Å²) in [6.07, 6.45) is 7.09. The summed E-state index contributed by atoms with van der Waals surface area (Å²) in [4.78, 5) is 13.5. The van der Waals surface area contributed by atoms with E-state index in [9.17, 15) is 4.79 Å². The standard InChI is InChI=1S/C16H18ClNO2/c1-18-12-3-2-4-13(18)8-11(7-12)10-5-6-14(16(19)20)15(17)9-10/h5-7,9,12-13H,2-4,8H2,1H3,(H,19,20). The zero-order valence-electron chi connectivity index (χ0n) is 11.5. The molecule has 1 N–H and O–H groups in total. The van der Waals surface area contributed by atoms with Gasteiger partial charge in [-0.05, 0) is 49.6 Å². The van der Waals surface area contributed by atoms with E-state index in [0.717, 1.165) is 12.0 Å². The molecule has 20 heavy (non-hydrogen) atoms. The molecule has 2 heterocycles. The third-order valence-corrected chi connectivity index (χ3v) is 4.87. The quantitative estimate of drug-likeness (QED) is 0.903. The minimum absolute atomic E-state index is 0.170. The van der Waals surface area contributed by atoms with Crippen LogP contribution in [0.5, 0.6) is 0 Å². The molecule has 2 aliphatic rings. The first-order valence-corrected chi connectivity index (χ1v) is 7.40. The molecular weight excluding hydrogens is 274 g/mol. The van der Waals surface area contributed by atoms with E-state index in [-0.39, 0.29) is 5.56 Å². The SMILES string of the molecule is CN1C2C=C(c3ccc(C(=O)O)c(Cl)c3)CC1CCC2. The maximum atomic E-state index is 11.0. The number of hydrogen-bond acceptors (Lipinski definition) is 2. The van der Waals surface area contributed by atoms with Gasteiger partial charge in [0.05, 0.1) is 10.6 Å². The second kappa shape index (κ2) is 5.23. The van der Waals surface area contributed by atoms with Gasteiger partial charge in [-0.3, -0.25) is 4.90 Å². The van der Waals surface area contributed by atoms with Crippen molar-refractivity contribution in [2.24, 2.45) is 0 Å². The molecule has 1 aromatic carbocycles. The van der Waals surface area contributed by atoms with Crippen molar-refractivity contribution in [3.63, 3.8) is 0 Å². The zero-order valence-corrected chi connectivity index (χ0v) is 12.2. The summed E-state index contributed by atoms with van der Waals surface area (Å²) in [6.45, 7) is 0. The molecule has 3 nitrogen and oxygen atoms in total. The lowest BCUT2D eigenvalue weighted by molar-refractivity contribution is 0.0697. The Labute approximate surface area is 123 Å². The van der Waals surface area contributed by atoms with Gasteiger partial charge in [0, 0.05) is 12.1 Å². The topological polar surface area (TPSA) is 40.5 Å². The molecule has 3 rings (SSSR count). The molecule has 2 unspecified atom stereocenters. The number of halogens is 1. The molecule has 106 valence electrons. The van der Waals surface area contributed by atoms with Gasteiger partial charge in [-0.25, -0.2) is 4.79 Å². The average molecular weight is 292 g/mol. The maximum absolute atomic E-state index is 11.0. The lowest BCUT2D eigenvalue weighted by atomic mass is 9.83. The van der Waals surface area contributed by atoms with Crippen LogP contribution in [0.15, 0.2) is 24.3 Å². The molecular formula is C16H18ClNO2. The van der Waals surface area contributed by atoms with Crippen LogP contribution in [-0.2, 0) is 0 Å². The van der Waals surface area contributed by atoms with Crippen LogP contribution in [0.1, 0.15) is 41.6 Å². The second-order valence-corrected chi connectivity index (χ2v) is 6.12. The number of carboxylic acid groups (broad SMARTS) is 1. The van der Waals surface area contributed by atoms with Gasteiger partial charge >= 0.3 is 5.97 Å². The van der Waals surface area contributed by atoms with E-state index < -0.39 is 5.97 Å². The molecule has 4 heteroatoms. The second-order valence-electron chi connectivity index (χ2n) is 5.71. The zero-order chi connectivity index (χ0) is 14.3. The first-order valence-electron chi connectivity index (χ1n) is 7.02. The summed E-state index contributed by atoms with van der Waals surface area (Å²) in [5, 5.41) is 9.35. The summed E-state index contributed by atoms with van der Waals surface area (Å²) >= 11 is 6.07. The Morgan fingerprint density at radius 1 is 1.40 bits per heavy atom. The summed E-state index contributed by atoms with van der Waals surface area (Å²) in [5.74, 6) is -0.976. The Hall–Kier alpha value is -1.32. The molecule has 1 saturated heterocycles. The van der Waals surface area contributed by atoms with Crippen molar-refractivity contribution in [1.29, 1.82) is 0 Å². The first-order chi connectivity index (χ1) is 9.56. The van der Waals surface area contributed by atoms with E-state index in [0.29, 0.717) is 17.1 Å². The number of carbonyl (C=O) groups is 1. The van der Waals surface area contributed by atoms with E-state index in [2.05, 4.69) is 18.0 Å². The minimum atomic E-state index is -0.976. The lowest BCUT2D eigenvalue weighted by Gasteiger charge is -2.42. The lowest BCUT2D eigenvalue weighted by Crippen LogP contribution is -2.45. The molecule has 1 aromatic rings. The van der Waals surface area contributed by atoms with Crippen molar-refractivity contribution >= 4 is 23.1 Å². The van der Waals surface area contributed by atoms with Gasteiger partial charge in [-0.2, -0.15) is 0 Å². The molecule has 2 atom stereocenters. The molecule has 0 radical (unpaired) electrons. The largest absolute Gasteiger partial charge is 0.478 e. The van der Waals surface area contributed by atoms with Gasteiger partial charge in [-0.15, -0.1) is 0 Å². The van der Waals surface area contributed by atoms with Gasteiger partial charge in [0.15, 0.2) is 0 Å². The Morgan fingerprint density at radius 2 is 2.20 bits per heavy atom. The molecule has 0 spiro atoms. The third-order valence-electron chi connectivity index (χ3n) is 4.56. The van der Waals surface area contributed by atoms with Crippen molar-refractivity contribution in [2.75, 3.05) is 7.05 Å². The number of aromatic carboxylic acids is 1. The van der Waals surface area contributed by atoms with Crippen molar-refractivity contribution in [1.82, 2.24) is 4.90 Å². The van der Waals surface area contributed by atoms with E-state index >= 15 is 0 Å². The summed E-state index contributed by atoms with van der Waals surface area (Å²) < 4.78 is 0. The number of carboxylic acids is 1. The van der Waals surface area contributed by atoms with E-state index in [4.69, 9.17) is 16.7 Å². The van der Waals surface area contributed by atoms with Gasteiger partial charge < -0.3 is 5.11 Å². The fraction of sp³-hybridized carbons (Fsp3) is 0.438. The van der Waals surface area contributed by atoms with Crippen LogP contribution in [0.25, 0.3) is 5.57 Å². The Balaban J connectivity index is 1.94. The summed E-state index contributed by atoms with van der Waals surface area (Å²) in [5.41, 5.74) is 2.53. The maximum Gasteiger partial charge on any atom is 0.337 e. The number of fused-ring (bicyclic) bond motifs is 2. The van der Waals surface area contributed by atoms with Crippen molar-refractivity contribution in [2.45, 2.75) is 37.8 Å². The van der Waals surface area contributed by atoms with Crippen LogP contribution in [0.2, 0.25) is 5.02 Å². The number of nitrogens with zero attached hydrogens (tertiary/aromatic N) is 1. The van der Waals surface area contributed by atoms with Gasteiger partial charge in [0.1, 0.15) is 0 Å². The monoisotopic (exact) mass is 291 g/mol. The number of hydrogen-bond donors (Lipinski definition) is 1. The Morgan fingerprint density at radius 3 is 2.85 bits per heavy atom. The predicted molar refractivity (Wildman–Crippen MR) is 80.2 cm³/mol. The average Bonchev–Trinajstić information content (AvgIpc) is 2.37. The van der Waals surface area contributed by atoms with Crippen molar-refractivity contribution in [3.05, 3.63) is 40.4 Å². The first kappa shape index (κ1) is 13.7. The van der Waals surface area contributed by atoms with Gasteiger partial charge in [0.25, 0.3) is 0 Å². The van der Waals surface area contributed by atoms with Crippen LogP contribution in [-0.4, -0.2) is 35.1 Å². The predicted octanol–water partition coefficient (Wildman–Crippen LogP) is 3.68. The highest BCUT2D eigenvalue weighted by Gasteiger charge is 2.31. The number of likely N-dealkylation sites (N-methyl/N-ethyl adjacent to an activating group) is 1. The molecule has 0 aliphatic carbocycles. The van der Waals surface area contributed by atoms with Crippen LogP contribution in [0.4, 0.5) is 0 Å². The van der Waals surface area contributed by atoms with Crippen LogP contribution in [0.3, 0.4) is 0 Å². The summed E-state index contributed by atoms with van der Waals surface area (Å²) in [6, 6.07) is 6.39. The van der Waals surface area contributed by atoms with Crippen molar-refractivity contribution < 1.29 is 9.90 Å². The molecule has 2 aliphatic heterocycles. The fourth-order valence-corrected chi connectivity index (χ4v) is 3.61. The third kappa shape index (κ3) is 2.36. The van der Waals surface area contributed by atoms with E-state index in [1.54, 1.807) is 12.1 Å². The highest BCUT2D eigenvalue weighted by Crippen LogP contribution is 2.36. The van der Waals surface area contributed by atoms with Crippen LogP contribution in [0, 0.1) is 0 Å². The van der Waals surface area contributed by atoms with Crippen LogP contribution < -0.4 is 0 Å². The van der Waals surface area contributed by atoms with Gasteiger partial charge in [0.2, 0.25) is 0 Å². The minimum Gasteiger partial charge on any atom is -0.478 e. The van der Waals surface area contributed by atoms with E-state index in [1.165, 1.54) is 24.8 Å². The molecule has 2 bridgehead atoms. The van der Waals surface area contributed by atoms with E-state index in [1.807, 2.05) is 6.07 Å². The molecule has 0 saturated carbocycles. The van der Waals surface area contributed by atoms with Crippen molar-refractivity contribution in [3.8, 4) is 0 Å². The number of rotatable bonds is 2. The smallest absolute Gasteiger partial charge is 0.337 e. The van der Waals surface area contributed by atoms with Crippen LogP contribution >= 0.6 is 11.6 Å². The Bertz CT molecular complexity index is 582. The highest BCUT2D eigenvalue weighted by atomic mass is 35.5. The summed E-state index contributed by atoms with van der Waals surface area (Å²) in [7, 11) is 2.20.